The van der Waals surface area contributed by atoms with E-state index in [4.69, 9.17) is 5.73 Å². The Morgan fingerprint density at radius 1 is 0.938 bits per heavy atom. The summed E-state index contributed by atoms with van der Waals surface area (Å²) in [6, 6.07) is 20.3. The van der Waals surface area contributed by atoms with Crippen molar-refractivity contribution in [2.24, 2.45) is 0 Å². The second-order valence-corrected chi connectivity index (χ2v) is 10.0. The van der Waals surface area contributed by atoms with E-state index in [1.54, 1.807) is 18.2 Å². The van der Waals surface area contributed by atoms with Crippen molar-refractivity contribution >= 4 is 43.3 Å². The molecule has 8 heteroatoms. The summed E-state index contributed by atoms with van der Waals surface area (Å²) in [7, 11) is -4.02. The van der Waals surface area contributed by atoms with Gasteiger partial charge in [0.05, 0.1) is 10.6 Å². The minimum atomic E-state index is -4.02. The van der Waals surface area contributed by atoms with Gasteiger partial charge in [-0.25, -0.2) is 12.8 Å². The van der Waals surface area contributed by atoms with Gasteiger partial charge in [-0.2, -0.15) is 0 Å². The number of sulfone groups is 1. The fourth-order valence-corrected chi connectivity index (χ4v) is 6.18. The number of ketones is 1. The molecule has 0 aliphatic rings. The first-order valence-electron chi connectivity index (χ1n) is 9.64. The monoisotopic (exact) mass is 466 g/mol. The maximum Gasteiger partial charge on any atom is 0.211 e. The topological polar surface area (TPSA) is 89.3 Å². The SMILES string of the molecule is Cc1ccccc1Nc1sc(C(=O)c2ccc(F)cc2)c(N)c1S(=O)(=O)c1ccccc1. The molecule has 3 aromatic carbocycles. The van der Waals surface area contributed by atoms with Crippen molar-refractivity contribution in [2.75, 3.05) is 11.1 Å². The number of para-hydroxylation sites is 1. The van der Waals surface area contributed by atoms with E-state index < -0.39 is 21.4 Å². The van der Waals surface area contributed by atoms with Crippen LogP contribution in [0.1, 0.15) is 20.8 Å². The van der Waals surface area contributed by atoms with Crippen molar-refractivity contribution in [3.63, 3.8) is 0 Å². The highest BCUT2D eigenvalue weighted by Crippen LogP contribution is 2.44. The number of nitrogen functional groups attached to an aromatic ring is 1. The fourth-order valence-electron chi connectivity index (χ4n) is 3.23. The van der Waals surface area contributed by atoms with Crippen LogP contribution in [0, 0.1) is 12.7 Å². The van der Waals surface area contributed by atoms with E-state index in [0.29, 0.717) is 5.69 Å². The Morgan fingerprint density at radius 3 is 2.22 bits per heavy atom. The highest BCUT2D eigenvalue weighted by molar-refractivity contribution is 7.92. The van der Waals surface area contributed by atoms with Crippen LogP contribution in [0.3, 0.4) is 0 Å². The molecule has 162 valence electrons. The minimum absolute atomic E-state index is 0.0677. The zero-order chi connectivity index (χ0) is 22.9. The van der Waals surface area contributed by atoms with Gasteiger partial charge in [0.1, 0.15) is 20.6 Å². The molecule has 4 rings (SSSR count). The first-order chi connectivity index (χ1) is 15.3. The molecule has 3 N–H and O–H groups in total. The van der Waals surface area contributed by atoms with Crippen molar-refractivity contribution in [2.45, 2.75) is 16.7 Å². The van der Waals surface area contributed by atoms with Gasteiger partial charge >= 0.3 is 0 Å². The highest BCUT2D eigenvalue weighted by atomic mass is 32.2. The average Bonchev–Trinajstić information content (AvgIpc) is 3.12. The molecule has 0 atom stereocenters. The third-order valence-electron chi connectivity index (χ3n) is 4.93. The molecular weight excluding hydrogens is 447 g/mol. The lowest BCUT2D eigenvalue weighted by Gasteiger charge is -2.11. The minimum Gasteiger partial charge on any atom is -0.396 e. The van der Waals surface area contributed by atoms with Crippen LogP contribution in [0.15, 0.2) is 88.7 Å². The first-order valence-corrected chi connectivity index (χ1v) is 11.9. The van der Waals surface area contributed by atoms with Crippen molar-refractivity contribution in [1.29, 1.82) is 0 Å². The van der Waals surface area contributed by atoms with Crippen molar-refractivity contribution < 1.29 is 17.6 Å². The van der Waals surface area contributed by atoms with Gasteiger partial charge in [0, 0.05) is 11.3 Å². The van der Waals surface area contributed by atoms with Gasteiger partial charge < -0.3 is 11.1 Å². The first kappa shape index (κ1) is 21.7. The van der Waals surface area contributed by atoms with E-state index in [9.17, 15) is 17.6 Å². The lowest BCUT2D eigenvalue weighted by Crippen LogP contribution is -2.08. The maximum absolute atomic E-state index is 13.5. The Hall–Kier alpha value is -3.49. The fraction of sp³-hybridized carbons (Fsp3) is 0.0417. The summed E-state index contributed by atoms with van der Waals surface area (Å²) in [5.74, 6) is -0.954. The molecule has 0 amide bonds. The predicted molar refractivity (Wildman–Crippen MR) is 125 cm³/mol. The van der Waals surface area contributed by atoms with Crippen LogP contribution in [0.5, 0.6) is 0 Å². The van der Waals surface area contributed by atoms with Gasteiger partial charge in [0.2, 0.25) is 15.6 Å². The molecule has 0 unspecified atom stereocenters. The summed E-state index contributed by atoms with van der Waals surface area (Å²) >= 11 is 0.960. The van der Waals surface area contributed by atoms with E-state index >= 15 is 0 Å². The molecule has 0 radical (unpaired) electrons. The summed E-state index contributed by atoms with van der Waals surface area (Å²) in [6.07, 6.45) is 0. The van der Waals surface area contributed by atoms with Gasteiger partial charge in [-0.1, -0.05) is 36.4 Å². The lowest BCUT2D eigenvalue weighted by atomic mass is 10.1. The summed E-state index contributed by atoms with van der Waals surface area (Å²) < 4.78 is 40.3. The molecule has 0 bridgehead atoms. The van der Waals surface area contributed by atoms with E-state index in [2.05, 4.69) is 5.32 Å². The molecule has 4 aromatic rings. The zero-order valence-electron chi connectivity index (χ0n) is 17.0. The average molecular weight is 467 g/mol. The van der Waals surface area contributed by atoms with Crippen molar-refractivity contribution in [1.82, 2.24) is 0 Å². The summed E-state index contributed by atoms with van der Waals surface area (Å²) in [4.78, 5) is 13.1. The van der Waals surface area contributed by atoms with E-state index in [-0.39, 0.29) is 30.9 Å². The molecule has 0 saturated heterocycles. The van der Waals surface area contributed by atoms with Crippen molar-refractivity contribution in [3.8, 4) is 0 Å². The Kier molecular flexibility index (Phi) is 5.82. The van der Waals surface area contributed by atoms with Crippen LogP contribution in [-0.2, 0) is 9.84 Å². The molecule has 1 aromatic heterocycles. The van der Waals surface area contributed by atoms with Crippen LogP contribution in [0.25, 0.3) is 0 Å². The third kappa shape index (κ3) is 4.02. The third-order valence-corrected chi connectivity index (χ3v) is 8.03. The number of aryl methyl sites for hydroxylation is 1. The number of carbonyl (C=O) groups is 1. The van der Waals surface area contributed by atoms with E-state index in [0.717, 1.165) is 16.9 Å². The number of nitrogens with two attached hydrogens (primary N) is 1. The summed E-state index contributed by atoms with van der Waals surface area (Å²) in [6.45, 7) is 1.88. The number of anilines is 3. The Labute approximate surface area is 189 Å². The van der Waals surface area contributed by atoms with Crippen LogP contribution in [0.4, 0.5) is 20.8 Å². The summed E-state index contributed by atoms with van der Waals surface area (Å²) in [5.41, 5.74) is 7.95. The van der Waals surface area contributed by atoms with Gasteiger partial charge in [-0.3, -0.25) is 4.79 Å². The molecule has 32 heavy (non-hydrogen) atoms. The number of rotatable bonds is 6. The molecule has 5 nitrogen and oxygen atoms in total. The normalized spacial score (nSPS) is 11.3. The molecule has 0 aliphatic carbocycles. The number of benzene rings is 3. The number of carbonyl (C=O) groups excluding carboxylic acids is 1. The molecular formula is C24H19FN2O3S2. The second kappa shape index (κ2) is 8.57. The lowest BCUT2D eigenvalue weighted by molar-refractivity contribution is 0.104. The zero-order valence-corrected chi connectivity index (χ0v) is 18.6. The number of thiophene rings is 1. The van der Waals surface area contributed by atoms with Crippen molar-refractivity contribution in [3.05, 3.63) is 101 Å². The Bertz CT molecular complexity index is 1400. The van der Waals surface area contributed by atoms with E-state index in [1.807, 2.05) is 31.2 Å². The van der Waals surface area contributed by atoms with Crippen LogP contribution in [0.2, 0.25) is 0 Å². The number of halogens is 1. The number of hydrogen-bond acceptors (Lipinski definition) is 6. The standard InChI is InChI=1S/C24H19FN2O3S2/c1-15-7-5-6-10-19(15)27-24-23(32(29,30)18-8-3-2-4-9-18)20(26)22(31-24)21(28)16-11-13-17(25)14-12-16/h2-14,27H,26H2,1H3. The molecule has 0 aliphatic heterocycles. The highest BCUT2D eigenvalue weighted by Gasteiger charge is 2.31. The molecule has 0 fully saturated rings. The predicted octanol–water partition coefficient (Wildman–Crippen LogP) is 5.59. The molecule has 1 heterocycles. The van der Waals surface area contributed by atoms with Gasteiger partial charge in [0.25, 0.3) is 0 Å². The van der Waals surface area contributed by atoms with Gasteiger partial charge in [0.15, 0.2) is 0 Å². The second-order valence-electron chi connectivity index (χ2n) is 7.10. The van der Waals surface area contributed by atoms with E-state index in [1.165, 1.54) is 36.4 Å². The molecule has 0 spiro atoms. The smallest absolute Gasteiger partial charge is 0.211 e. The number of hydrogen-bond donors (Lipinski definition) is 2. The Balaban J connectivity index is 1.89. The van der Waals surface area contributed by atoms with Crippen LogP contribution in [-0.4, -0.2) is 14.2 Å². The van der Waals surface area contributed by atoms with Crippen LogP contribution >= 0.6 is 11.3 Å². The summed E-state index contributed by atoms with van der Waals surface area (Å²) in [5, 5.41) is 3.38. The van der Waals surface area contributed by atoms with Gasteiger partial charge in [-0.15, -0.1) is 11.3 Å². The largest absolute Gasteiger partial charge is 0.396 e. The molecule has 0 saturated carbocycles. The quantitative estimate of drug-likeness (QED) is 0.362. The number of nitrogens with one attached hydrogen (secondary N) is 1. The Morgan fingerprint density at radius 2 is 1.56 bits per heavy atom. The van der Waals surface area contributed by atoms with Crippen LogP contribution < -0.4 is 11.1 Å². The maximum atomic E-state index is 13.5. The van der Waals surface area contributed by atoms with Gasteiger partial charge in [-0.05, 0) is 55.0 Å².